The van der Waals surface area contributed by atoms with E-state index in [9.17, 15) is 4.79 Å². The van der Waals surface area contributed by atoms with Gasteiger partial charge < -0.3 is 0 Å². The van der Waals surface area contributed by atoms with E-state index in [1.54, 1.807) is 18.3 Å². The van der Waals surface area contributed by atoms with Gasteiger partial charge >= 0.3 is 0 Å². The number of aryl methyl sites for hydroxylation is 1. The van der Waals surface area contributed by atoms with Crippen LogP contribution in [0, 0.1) is 12.8 Å². The van der Waals surface area contributed by atoms with Crippen LogP contribution < -0.4 is 0 Å². The van der Waals surface area contributed by atoms with Gasteiger partial charge in [-0.2, -0.15) is 0 Å². The summed E-state index contributed by atoms with van der Waals surface area (Å²) in [5, 5.41) is 1.20. The lowest BCUT2D eigenvalue weighted by Gasteiger charge is -2.26. The van der Waals surface area contributed by atoms with Gasteiger partial charge in [0, 0.05) is 12.8 Å². The first-order chi connectivity index (χ1) is 8.11. The summed E-state index contributed by atoms with van der Waals surface area (Å²) in [6.45, 7) is 5.87. The molecular weight excluding hydrogens is 230 g/mol. The van der Waals surface area contributed by atoms with Crippen molar-refractivity contribution in [2.45, 2.75) is 58.8 Å². The Morgan fingerprint density at radius 1 is 1.47 bits per heavy atom. The number of Topliss-reactive ketones (excluding diaryl/α,β-unsaturated/α-hetero) is 1. The van der Waals surface area contributed by atoms with Crippen molar-refractivity contribution >= 4 is 17.1 Å². The molecule has 0 aromatic carbocycles. The molecule has 0 aliphatic heterocycles. The highest BCUT2D eigenvalue weighted by molar-refractivity contribution is 7.13. The topological polar surface area (TPSA) is 30.0 Å². The van der Waals surface area contributed by atoms with Crippen molar-refractivity contribution in [3.8, 4) is 0 Å². The maximum absolute atomic E-state index is 11.5. The number of carbonyl (C=O) groups is 1. The third-order valence-corrected chi connectivity index (χ3v) is 5.26. The maximum Gasteiger partial charge on any atom is 0.171 e. The van der Waals surface area contributed by atoms with E-state index in [4.69, 9.17) is 0 Å². The second-order valence-corrected chi connectivity index (χ2v) is 6.19. The van der Waals surface area contributed by atoms with E-state index in [1.807, 2.05) is 6.92 Å². The molecule has 2 atom stereocenters. The molecule has 0 radical (unpaired) electrons. The first-order valence-electron chi connectivity index (χ1n) is 6.60. The molecule has 0 bridgehead atoms. The molecule has 0 saturated heterocycles. The number of rotatable bonds is 3. The number of thiazole rings is 1. The first kappa shape index (κ1) is 12.7. The SMILES string of the molecule is CCC1CCCC(c2nc(C)c(C(C)=O)s2)C1. The molecule has 1 aliphatic rings. The van der Waals surface area contributed by atoms with Gasteiger partial charge in [-0.1, -0.05) is 26.2 Å². The zero-order valence-corrected chi connectivity index (χ0v) is 11.8. The molecule has 1 saturated carbocycles. The minimum absolute atomic E-state index is 0.161. The first-order valence-corrected chi connectivity index (χ1v) is 7.41. The van der Waals surface area contributed by atoms with Crippen LogP contribution in [0.3, 0.4) is 0 Å². The predicted molar refractivity (Wildman–Crippen MR) is 71.8 cm³/mol. The highest BCUT2D eigenvalue weighted by atomic mass is 32.1. The van der Waals surface area contributed by atoms with Crippen LogP contribution in [0.25, 0.3) is 0 Å². The van der Waals surface area contributed by atoms with Crippen LogP contribution in [0.4, 0.5) is 0 Å². The molecule has 94 valence electrons. The fourth-order valence-electron chi connectivity index (χ4n) is 2.80. The number of hydrogen-bond donors (Lipinski definition) is 0. The fraction of sp³-hybridized carbons (Fsp3) is 0.714. The molecule has 0 N–H and O–H groups in total. The van der Waals surface area contributed by atoms with E-state index in [0.29, 0.717) is 5.92 Å². The summed E-state index contributed by atoms with van der Waals surface area (Å²) in [5.74, 6) is 1.62. The van der Waals surface area contributed by atoms with Gasteiger partial charge in [0.2, 0.25) is 0 Å². The summed E-state index contributed by atoms with van der Waals surface area (Å²) in [4.78, 5) is 16.9. The lowest BCUT2D eigenvalue weighted by Crippen LogP contribution is -2.13. The van der Waals surface area contributed by atoms with Crippen LogP contribution in [-0.2, 0) is 0 Å². The minimum atomic E-state index is 0.161. The van der Waals surface area contributed by atoms with E-state index >= 15 is 0 Å². The quantitative estimate of drug-likeness (QED) is 0.748. The van der Waals surface area contributed by atoms with Gasteiger partial charge in [-0.05, 0) is 25.7 Å². The second kappa shape index (κ2) is 5.30. The van der Waals surface area contributed by atoms with E-state index in [-0.39, 0.29) is 5.78 Å². The van der Waals surface area contributed by atoms with E-state index in [2.05, 4.69) is 11.9 Å². The molecule has 1 fully saturated rings. The molecule has 1 aliphatic carbocycles. The molecule has 1 aromatic rings. The van der Waals surface area contributed by atoms with Gasteiger partial charge in [-0.3, -0.25) is 4.79 Å². The molecule has 2 rings (SSSR count). The molecule has 17 heavy (non-hydrogen) atoms. The summed E-state index contributed by atoms with van der Waals surface area (Å²) in [7, 11) is 0. The van der Waals surface area contributed by atoms with Gasteiger partial charge in [0.1, 0.15) is 0 Å². The molecular formula is C14H21NOS. The monoisotopic (exact) mass is 251 g/mol. The van der Waals surface area contributed by atoms with Crippen LogP contribution in [0.2, 0.25) is 0 Å². The number of nitrogens with zero attached hydrogens (tertiary/aromatic N) is 1. The summed E-state index contributed by atoms with van der Waals surface area (Å²) in [6, 6.07) is 0. The Kier molecular flexibility index (Phi) is 3.97. The highest BCUT2D eigenvalue weighted by Gasteiger charge is 2.25. The smallest absolute Gasteiger partial charge is 0.171 e. The fourth-order valence-corrected chi connectivity index (χ4v) is 3.91. The van der Waals surface area contributed by atoms with Crippen molar-refractivity contribution in [2.24, 2.45) is 5.92 Å². The summed E-state index contributed by atoms with van der Waals surface area (Å²) < 4.78 is 0. The third-order valence-electron chi connectivity index (χ3n) is 3.84. The highest BCUT2D eigenvalue weighted by Crippen LogP contribution is 2.39. The minimum Gasteiger partial charge on any atom is -0.294 e. The molecule has 2 nitrogen and oxygen atoms in total. The molecule has 0 spiro atoms. The number of hydrogen-bond acceptors (Lipinski definition) is 3. The van der Waals surface area contributed by atoms with Gasteiger partial charge in [0.15, 0.2) is 5.78 Å². The van der Waals surface area contributed by atoms with Crippen LogP contribution in [0.15, 0.2) is 0 Å². The predicted octanol–water partition coefficient (Wildman–Crippen LogP) is 4.34. The van der Waals surface area contributed by atoms with Gasteiger partial charge in [-0.25, -0.2) is 4.98 Å². The van der Waals surface area contributed by atoms with E-state index in [1.165, 1.54) is 37.1 Å². The van der Waals surface area contributed by atoms with Crippen molar-refractivity contribution in [2.75, 3.05) is 0 Å². The Hall–Kier alpha value is -0.700. The molecule has 1 heterocycles. The zero-order chi connectivity index (χ0) is 12.4. The zero-order valence-electron chi connectivity index (χ0n) is 11.0. The number of carbonyl (C=O) groups excluding carboxylic acids is 1. The molecule has 0 amide bonds. The number of ketones is 1. The second-order valence-electron chi connectivity index (χ2n) is 5.16. The average molecular weight is 251 g/mol. The van der Waals surface area contributed by atoms with Crippen molar-refractivity contribution in [3.63, 3.8) is 0 Å². The Labute approximate surface area is 107 Å². The van der Waals surface area contributed by atoms with Crippen molar-refractivity contribution in [1.29, 1.82) is 0 Å². The lowest BCUT2D eigenvalue weighted by atomic mass is 9.80. The summed E-state index contributed by atoms with van der Waals surface area (Å²) in [6.07, 6.45) is 6.48. The third kappa shape index (κ3) is 2.76. The summed E-state index contributed by atoms with van der Waals surface area (Å²) in [5.41, 5.74) is 0.927. The lowest BCUT2D eigenvalue weighted by molar-refractivity contribution is 0.102. The largest absolute Gasteiger partial charge is 0.294 e. The normalized spacial score (nSPS) is 24.9. The van der Waals surface area contributed by atoms with Crippen molar-refractivity contribution < 1.29 is 4.79 Å². The van der Waals surface area contributed by atoms with E-state index in [0.717, 1.165) is 16.5 Å². The average Bonchev–Trinajstić information content (AvgIpc) is 2.71. The molecule has 1 aromatic heterocycles. The Morgan fingerprint density at radius 2 is 2.24 bits per heavy atom. The van der Waals surface area contributed by atoms with Crippen molar-refractivity contribution in [1.82, 2.24) is 4.98 Å². The van der Waals surface area contributed by atoms with Crippen LogP contribution in [-0.4, -0.2) is 10.8 Å². The Balaban J connectivity index is 2.16. The van der Waals surface area contributed by atoms with Crippen molar-refractivity contribution in [3.05, 3.63) is 15.6 Å². The van der Waals surface area contributed by atoms with Gasteiger partial charge in [0.25, 0.3) is 0 Å². The number of aromatic nitrogens is 1. The maximum atomic E-state index is 11.5. The molecule has 3 heteroatoms. The molecule has 2 unspecified atom stereocenters. The van der Waals surface area contributed by atoms with Gasteiger partial charge in [0.05, 0.1) is 15.6 Å². The van der Waals surface area contributed by atoms with E-state index < -0.39 is 0 Å². The van der Waals surface area contributed by atoms with Crippen LogP contribution in [0.1, 0.15) is 72.2 Å². The Morgan fingerprint density at radius 3 is 2.82 bits per heavy atom. The van der Waals surface area contributed by atoms with Crippen LogP contribution in [0.5, 0.6) is 0 Å². The standard InChI is InChI=1S/C14H21NOS/c1-4-11-6-5-7-12(8-11)14-15-9(2)13(17-14)10(3)16/h11-12H,4-8H2,1-3H3. The Bertz CT molecular complexity index is 410. The van der Waals surface area contributed by atoms with Crippen LogP contribution >= 0.6 is 11.3 Å². The van der Waals surface area contributed by atoms with Gasteiger partial charge in [-0.15, -0.1) is 11.3 Å². The summed E-state index contributed by atoms with van der Waals surface area (Å²) >= 11 is 1.63.